The van der Waals surface area contributed by atoms with Crippen LogP contribution >= 0.6 is 0 Å². The van der Waals surface area contributed by atoms with Gasteiger partial charge in [0.15, 0.2) is 0 Å². The third-order valence-electron chi connectivity index (χ3n) is 29.9. The van der Waals surface area contributed by atoms with Crippen molar-refractivity contribution in [3.05, 3.63) is 297 Å². The van der Waals surface area contributed by atoms with E-state index in [1.54, 1.807) is 11.1 Å². The Labute approximate surface area is 822 Å². The molecule has 0 bridgehead atoms. The second-order valence-electron chi connectivity index (χ2n) is 39.8. The maximum absolute atomic E-state index is 2.79. The fourth-order valence-electron chi connectivity index (χ4n) is 22.0. The van der Waals surface area contributed by atoms with Crippen molar-refractivity contribution in [1.29, 1.82) is 0 Å². The Bertz CT molecular complexity index is 7280. The molecule has 137 heavy (non-hydrogen) atoms. The smallest absolute Gasteiger partial charge is 0.0754 e. The van der Waals surface area contributed by atoms with Crippen molar-refractivity contribution in [3.8, 4) is 33.4 Å². The summed E-state index contributed by atoms with van der Waals surface area (Å²) in [5.41, 5.74) is 47.6. The largest absolute Gasteiger partial charge is 0.342 e. The second-order valence-corrected chi connectivity index (χ2v) is 39.8. The summed E-state index contributed by atoms with van der Waals surface area (Å²) >= 11 is 0. The first kappa shape index (κ1) is 104. The molecule has 720 valence electrons. The van der Waals surface area contributed by atoms with Crippen molar-refractivity contribution in [1.82, 2.24) is 36.5 Å². The van der Waals surface area contributed by atoms with E-state index >= 15 is 0 Å². The van der Waals surface area contributed by atoms with E-state index in [1.807, 2.05) is 6.07 Å². The number of benzene rings is 12. The van der Waals surface area contributed by atoms with Gasteiger partial charge in [0.1, 0.15) is 0 Å². The van der Waals surface area contributed by atoms with Crippen LogP contribution in [0.2, 0.25) is 0 Å². The van der Waals surface area contributed by atoms with E-state index < -0.39 is 0 Å². The summed E-state index contributed by atoms with van der Waals surface area (Å²) in [6, 6.07) is 84.3. The minimum Gasteiger partial charge on any atom is -0.342 e. The van der Waals surface area contributed by atoms with Gasteiger partial charge in [-0.1, -0.05) is 330 Å². The SMILES string of the molecule is C.C.C.C.CCCCCCc1cc(-c2ccc3c(c2)n(CC(CC)CCCC)c2c4ccc(C)cc4n(CC(CC)CCCC)c32)c(CCCCCC)cc1C.Cc1ccc(-c2ccccc2)cc1.Cc1ccc2c(c1)n(C)c1c3ccc(-c4cc(C)c(C)cc4C)cc3n(C)c21.Cc1ccc2c(c1)n(C)c1c3ccc(C)cc3n(C)c21.Cc1ccc2c(c1)n(C)c1c3ccc(C)cc3n(C)c21. The van der Waals surface area contributed by atoms with Crippen molar-refractivity contribution >= 4 is 131 Å². The van der Waals surface area contributed by atoms with Gasteiger partial charge in [-0.15, -0.1) is 0 Å². The summed E-state index contributed by atoms with van der Waals surface area (Å²) in [5.74, 6) is 1.38. The predicted molar refractivity (Wildman–Crippen MR) is 610 cm³/mol. The first-order valence-corrected chi connectivity index (χ1v) is 50.5. The minimum absolute atomic E-state index is 0. The summed E-state index contributed by atoms with van der Waals surface area (Å²) in [6.07, 6.45) is 23.1. The van der Waals surface area contributed by atoms with E-state index in [2.05, 4.69) is 415 Å². The highest BCUT2D eigenvalue weighted by atomic mass is 15.1. The van der Waals surface area contributed by atoms with Crippen molar-refractivity contribution < 1.29 is 0 Å². The summed E-state index contributed by atoms with van der Waals surface area (Å²) in [6.45, 7) is 40.5. The van der Waals surface area contributed by atoms with Crippen molar-refractivity contribution in [2.75, 3.05) is 0 Å². The van der Waals surface area contributed by atoms with Crippen molar-refractivity contribution in [2.45, 2.75) is 276 Å². The molecule has 0 amide bonds. The van der Waals surface area contributed by atoms with Gasteiger partial charge in [-0.25, -0.2) is 0 Å². The van der Waals surface area contributed by atoms with E-state index in [9.17, 15) is 0 Å². The molecule has 0 radical (unpaired) electrons. The molecule has 0 aliphatic heterocycles. The zero-order valence-electron chi connectivity index (χ0n) is 84.7. The Kier molecular flexibility index (Phi) is 34.2. The maximum Gasteiger partial charge on any atom is 0.0754 e. The van der Waals surface area contributed by atoms with Crippen LogP contribution in [0.3, 0.4) is 0 Å². The predicted octanol–water partition coefficient (Wildman–Crippen LogP) is 37.5. The number of hydrogen-bond acceptors (Lipinski definition) is 0. The van der Waals surface area contributed by atoms with Crippen LogP contribution in [-0.2, 0) is 68.2 Å². The third kappa shape index (κ3) is 20.8. The molecule has 0 spiro atoms. The third-order valence-corrected chi connectivity index (χ3v) is 29.9. The molecule has 8 aromatic heterocycles. The summed E-state index contributed by atoms with van der Waals surface area (Å²) < 4.78 is 19.6. The second kappa shape index (κ2) is 45.1. The van der Waals surface area contributed by atoms with Crippen LogP contribution in [0.4, 0.5) is 0 Å². The van der Waals surface area contributed by atoms with E-state index in [-0.39, 0.29) is 29.7 Å². The molecular weight excluding hydrogens is 1660 g/mol. The lowest BCUT2D eigenvalue weighted by atomic mass is 9.89. The lowest BCUT2D eigenvalue weighted by Crippen LogP contribution is -2.10. The van der Waals surface area contributed by atoms with Gasteiger partial charge in [-0.2, -0.15) is 0 Å². The van der Waals surface area contributed by atoms with Crippen molar-refractivity contribution in [2.24, 2.45) is 54.1 Å². The lowest BCUT2D eigenvalue weighted by Gasteiger charge is -2.19. The van der Waals surface area contributed by atoms with Gasteiger partial charge in [0, 0.05) is 98.5 Å². The normalized spacial score (nSPS) is 11.9. The first-order valence-electron chi connectivity index (χ1n) is 50.5. The Balaban J connectivity index is 0.000000166. The van der Waals surface area contributed by atoms with Crippen LogP contribution in [-0.4, -0.2) is 36.5 Å². The Morgan fingerprint density at radius 3 is 0.876 bits per heavy atom. The van der Waals surface area contributed by atoms with Crippen molar-refractivity contribution in [3.63, 3.8) is 0 Å². The average molecular weight is 1830 g/mol. The van der Waals surface area contributed by atoms with Crippen LogP contribution in [0.25, 0.3) is 165 Å². The average Bonchev–Trinajstić information content (AvgIpc) is 1.66. The summed E-state index contributed by atoms with van der Waals surface area (Å²) in [7, 11) is 13.1. The quantitative estimate of drug-likeness (QED) is 0.0512. The monoisotopic (exact) mass is 1830 g/mol. The Hall–Kier alpha value is -12.0. The highest BCUT2D eigenvalue weighted by Crippen LogP contribution is 2.45. The maximum atomic E-state index is 2.79. The van der Waals surface area contributed by atoms with Gasteiger partial charge in [-0.3, -0.25) is 0 Å². The molecule has 0 N–H and O–H groups in total. The van der Waals surface area contributed by atoms with Gasteiger partial charge < -0.3 is 36.5 Å². The van der Waals surface area contributed by atoms with Crippen LogP contribution in [0.15, 0.2) is 224 Å². The zero-order valence-corrected chi connectivity index (χ0v) is 84.7. The number of hydrogen-bond donors (Lipinski definition) is 0. The summed E-state index contributed by atoms with van der Waals surface area (Å²) in [4.78, 5) is 0. The summed E-state index contributed by atoms with van der Waals surface area (Å²) in [5, 5.41) is 10.9. The molecular formula is C129H164N8. The van der Waals surface area contributed by atoms with E-state index in [4.69, 9.17) is 0 Å². The Morgan fingerprint density at radius 2 is 0.511 bits per heavy atom. The zero-order chi connectivity index (χ0) is 93.9. The molecule has 2 atom stereocenters. The van der Waals surface area contributed by atoms with Gasteiger partial charge in [0.05, 0.1) is 88.3 Å². The number of aromatic nitrogens is 8. The number of unbranched alkanes of at least 4 members (excludes halogenated alkanes) is 8. The molecule has 0 saturated heterocycles. The number of fused-ring (bicyclic) bond motifs is 20. The molecule has 8 nitrogen and oxygen atoms in total. The molecule has 20 rings (SSSR count). The van der Waals surface area contributed by atoms with E-state index in [0.29, 0.717) is 11.8 Å². The Morgan fingerprint density at radius 1 is 0.219 bits per heavy atom. The molecule has 0 aliphatic rings. The van der Waals surface area contributed by atoms with Crippen LogP contribution in [0.5, 0.6) is 0 Å². The highest BCUT2D eigenvalue weighted by Gasteiger charge is 2.27. The number of nitrogens with zero attached hydrogens (tertiary/aromatic N) is 8. The van der Waals surface area contributed by atoms with Gasteiger partial charge in [-0.05, 0) is 275 Å². The molecule has 0 saturated carbocycles. The van der Waals surface area contributed by atoms with Crippen LogP contribution in [0, 0.1) is 88.0 Å². The van der Waals surface area contributed by atoms with Gasteiger partial charge in [0.2, 0.25) is 0 Å². The molecule has 8 heterocycles. The molecule has 2 unspecified atom stereocenters. The number of aryl methyl sites for hydroxylation is 19. The van der Waals surface area contributed by atoms with Gasteiger partial charge >= 0.3 is 0 Å². The van der Waals surface area contributed by atoms with Crippen LogP contribution < -0.4 is 0 Å². The molecule has 20 aromatic rings. The highest BCUT2D eigenvalue weighted by molar-refractivity contribution is 6.22. The molecule has 12 aromatic carbocycles. The number of rotatable bonds is 25. The molecule has 0 fully saturated rings. The first-order chi connectivity index (χ1) is 64.3. The molecule has 8 heteroatoms. The molecule has 0 aliphatic carbocycles. The van der Waals surface area contributed by atoms with E-state index in [0.717, 1.165) is 13.1 Å². The standard InChI is InChI=1S/C50H74N2.C26H26N2.2C18H18N2.C13H12.4CH4/c1-9-15-19-21-25-41-33-46(42(32-38(41)8)26-22-20-16-10-2)43-28-30-45-48(34-43)52(36-40(14-6)24-18-12-4)49-44-29-27-37(7)31-47(44)51(50(45)49)35-39(13-5)23-17-11-3;1-15-7-9-20-23(11-15)27(5)26-21-10-8-19(14-24(21)28(6)25(20)26)22-13-17(3)16(2)12-18(22)4;2*1-11-5-7-13-15(9-11)19(3)18-14-8-6-12(2)10-16(14)20(4)17(13)18;1-11-7-9-13(10-8-11)12-5-3-2-4-6-12;;;;/h27-34,39-40H,9-26,35-36H2,1-8H3;7-14H,1-6H3;2*5-10H,1-4H3;2-10H,1H3;4*1H4. The van der Waals surface area contributed by atoms with Crippen LogP contribution in [0.1, 0.15) is 246 Å². The fraction of sp³-hybridized carbons (Fsp3) is 0.380. The fourth-order valence-corrected chi connectivity index (χ4v) is 22.0. The van der Waals surface area contributed by atoms with E-state index in [1.165, 1.54) is 342 Å². The topological polar surface area (TPSA) is 39.4 Å². The van der Waals surface area contributed by atoms with Gasteiger partial charge in [0.25, 0.3) is 0 Å². The lowest BCUT2D eigenvalue weighted by molar-refractivity contribution is 0.399. The minimum atomic E-state index is 0.